The molecule has 2 aromatic carbocycles. The molecular formula is C18H20Cl2N2O4S. The van der Waals surface area contributed by atoms with Gasteiger partial charge >= 0.3 is 0 Å². The molecule has 0 aromatic heterocycles. The van der Waals surface area contributed by atoms with Crippen LogP contribution >= 0.6 is 23.2 Å². The molecular weight excluding hydrogens is 411 g/mol. The second-order valence-corrected chi connectivity index (χ2v) is 8.73. The minimum absolute atomic E-state index is 0.00735. The first kappa shape index (κ1) is 21.5. The van der Waals surface area contributed by atoms with Crippen molar-refractivity contribution in [3.8, 4) is 5.75 Å². The van der Waals surface area contributed by atoms with Crippen LogP contribution in [0.5, 0.6) is 5.75 Å². The number of methoxy groups -OCH3 is 1. The average Bonchev–Trinajstić information content (AvgIpc) is 2.62. The number of sulfonamides is 1. The maximum absolute atomic E-state index is 12.6. The monoisotopic (exact) mass is 430 g/mol. The summed E-state index contributed by atoms with van der Waals surface area (Å²) < 4.78 is 30.6. The van der Waals surface area contributed by atoms with Gasteiger partial charge in [0.25, 0.3) is 0 Å². The summed E-state index contributed by atoms with van der Waals surface area (Å²) in [5.41, 5.74) is 1.23. The molecule has 0 saturated carbocycles. The average molecular weight is 431 g/mol. The van der Waals surface area contributed by atoms with Crippen molar-refractivity contribution in [2.24, 2.45) is 0 Å². The number of anilines is 1. The van der Waals surface area contributed by atoms with Crippen LogP contribution in [0.4, 0.5) is 5.69 Å². The third kappa shape index (κ3) is 5.84. The fourth-order valence-corrected chi connectivity index (χ4v) is 3.40. The highest BCUT2D eigenvalue weighted by Gasteiger charge is 2.23. The highest BCUT2D eigenvalue weighted by molar-refractivity contribution is 7.88. The van der Waals surface area contributed by atoms with Crippen LogP contribution in [-0.4, -0.2) is 45.6 Å². The summed E-state index contributed by atoms with van der Waals surface area (Å²) in [6.07, 6.45) is 1.06. The molecule has 146 valence electrons. The number of carbonyl (C=O) groups is 1. The molecule has 9 heteroatoms. The third-order valence-corrected chi connectivity index (χ3v) is 5.87. The Labute approximate surface area is 169 Å². The van der Waals surface area contributed by atoms with Gasteiger partial charge in [-0.1, -0.05) is 35.3 Å². The van der Waals surface area contributed by atoms with E-state index in [0.29, 0.717) is 27.0 Å². The largest absolute Gasteiger partial charge is 0.497 e. The number of rotatable bonds is 7. The van der Waals surface area contributed by atoms with Gasteiger partial charge in [0.1, 0.15) is 5.75 Å². The Morgan fingerprint density at radius 3 is 2.41 bits per heavy atom. The van der Waals surface area contributed by atoms with Gasteiger partial charge in [0, 0.05) is 25.3 Å². The molecule has 6 nitrogen and oxygen atoms in total. The summed E-state index contributed by atoms with van der Waals surface area (Å²) >= 11 is 11.9. The molecule has 0 saturated heterocycles. The maximum Gasteiger partial charge on any atom is 0.242 e. The second kappa shape index (κ2) is 8.93. The van der Waals surface area contributed by atoms with Gasteiger partial charge in [0.05, 0.1) is 30.0 Å². The van der Waals surface area contributed by atoms with E-state index in [2.05, 4.69) is 0 Å². The lowest BCUT2D eigenvalue weighted by Crippen LogP contribution is -2.40. The molecule has 0 unspecified atom stereocenters. The van der Waals surface area contributed by atoms with E-state index in [4.69, 9.17) is 27.9 Å². The van der Waals surface area contributed by atoms with Gasteiger partial charge in [-0.05, 0) is 29.8 Å². The van der Waals surface area contributed by atoms with Crippen LogP contribution in [-0.2, 0) is 21.4 Å². The number of ether oxygens (including phenoxy) is 1. The van der Waals surface area contributed by atoms with E-state index >= 15 is 0 Å². The minimum atomic E-state index is -3.62. The number of benzene rings is 2. The predicted octanol–water partition coefficient (Wildman–Crippen LogP) is 3.43. The molecule has 0 radical (unpaired) electrons. The molecule has 0 aliphatic carbocycles. The predicted molar refractivity (Wildman–Crippen MR) is 108 cm³/mol. The third-order valence-electron chi connectivity index (χ3n) is 3.94. The van der Waals surface area contributed by atoms with E-state index in [1.54, 1.807) is 49.5 Å². The van der Waals surface area contributed by atoms with Gasteiger partial charge in [-0.15, -0.1) is 0 Å². The van der Waals surface area contributed by atoms with Crippen molar-refractivity contribution in [2.45, 2.75) is 6.54 Å². The molecule has 0 bridgehead atoms. The van der Waals surface area contributed by atoms with Crippen molar-refractivity contribution in [3.63, 3.8) is 0 Å². The molecule has 0 heterocycles. The van der Waals surface area contributed by atoms with Crippen molar-refractivity contribution in [1.29, 1.82) is 0 Å². The molecule has 2 rings (SSSR count). The van der Waals surface area contributed by atoms with E-state index in [9.17, 15) is 13.2 Å². The number of hydrogen-bond donors (Lipinski definition) is 0. The van der Waals surface area contributed by atoms with E-state index in [0.717, 1.165) is 10.6 Å². The summed E-state index contributed by atoms with van der Waals surface area (Å²) in [4.78, 5) is 14.0. The maximum atomic E-state index is 12.6. The van der Waals surface area contributed by atoms with Crippen LogP contribution in [0.2, 0.25) is 10.0 Å². The number of amides is 1. The Kier molecular flexibility index (Phi) is 7.11. The summed E-state index contributed by atoms with van der Waals surface area (Å²) in [6.45, 7) is -0.305. The fourth-order valence-electron chi connectivity index (χ4n) is 2.35. The topological polar surface area (TPSA) is 66.9 Å². The van der Waals surface area contributed by atoms with Gasteiger partial charge in [-0.25, -0.2) is 8.42 Å². The summed E-state index contributed by atoms with van der Waals surface area (Å²) in [5.74, 6) is 0.219. The Hall–Kier alpha value is -1.80. The highest BCUT2D eigenvalue weighted by Crippen LogP contribution is 2.24. The summed E-state index contributed by atoms with van der Waals surface area (Å²) in [5, 5.41) is 0.697. The Morgan fingerprint density at radius 1 is 1.11 bits per heavy atom. The Morgan fingerprint density at radius 2 is 1.81 bits per heavy atom. The lowest BCUT2D eigenvalue weighted by atomic mass is 10.2. The van der Waals surface area contributed by atoms with Gasteiger partial charge < -0.3 is 9.64 Å². The van der Waals surface area contributed by atoms with Crippen LogP contribution in [0.15, 0.2) is 42.5 Å². The zero-order valence-corrected chi connectivity index (χ0v) is 17.5. The smallest absolute Gasteiger partial charge is 0.242 e. The van der Waals surface area contributed by atoms with E-state index in [1.807, 2.05) is 0 Å². The van der Waals surface area contributed by atoms with E-state index < -0.39 is 10.0 Å². The first-order valence-electron chi connectivity index (χ1n) is 7.91. The molecule has 0 aliphatic heterocycles. The zero-order valence-electron chi connectivity index (χ0n) is 15.1. The van der Waals surface area contributed by atoms with Crippen molar-refractivity contribution < 1.29 is 17.9 Å². The van der Waals surface area contributed by atoms with Gasteiger partial charge in [-0.3, -0.25) is 4.79 Å². The molecule has 0 fully saturated rings. The van der Waals surface area contributed by atoms with E-state index in [1.165, 1.54) is 12.0 Å². The summed E-state index contributed by atoms with van der Waals surface area (Å²) in [6, 6.07) is 11.8. The van der Waals surface area contributed by atoms with E-state index in [-0.39, 0.29) is 19.0 Å². The molecule has 0 spiro atoms. The quantitative estimate of drug-likeness (QED) is 0.674. The fraction of sp³-hybridized carbons (Fsp3) is 0.278. The van der Waals surface area contributed by atoms with Crippen LogP contribution in [0.3, 0.4) is 0 Å². The van der Waals surface area contributed by atoms with Gasteiger partial charge in [-0.2, -0.15) is 4.31 Å². The zero-order chi connectivity index (χ0) is 20.2. The number of hydrogen-bond acceptors (Lipinski definition) is 4. The van der Waals surface area contributed by atoms with Gasteiger partial charge in [0.2, 0.25) is 15.9 Å². The Bertz CT molecular complexity index is 935. The molecule has 2 aromatic rings. The first-order valence-corrected chi connectivity index (χ1v) is 10.5. The first-order chi connectivity index (χ1) is 12.6. The number of carbonyl (C=O) groups excluding carboxylic acids is 1. The van der Waals surface area contributed by atoms with Crippen molar-refractivity contribution in [3.05, 3.63) is 58.1 Å². The molecule has 1 amide bonds. The van der Waals surface area contributed by atoms with Crippen molar-refractivity contribution in [1.82, 2.24) is 4.31 Å². The number of halogens is 2. The lowest BCUT2D eigenvalue weighted by molar-refractivity contribution is -0.118. The molecule has 27 heavy (non-hydrogen) atoms. The normalized spacial score (nSPS) is 11.5. The van der Waals surface area contributed by atoms with Gasteiger partial charge in [0.15, 0.2) is 0 Å². The molecule has 0 aliphatic rings. The number of nitrogens with zero attached hydrogens (tertiary/aromatic N) is 2. The minimum Gasteiger partial charge on any atom is -0.497 e. The van der Waals surface area contributed by atoms with Crippen molar-refractivity contribution in [2.75, 3.05) is 31.9 Å². The van der Waals surface area contributed by atoms with Crippen LogP contribution in [0.1, 0.15) is 5.56 Å². The van der Waals surface area contributed by atoms with Crippen LogP contribution in [0.25, 0.3) is 0 Å². The SMILES string of the molecule is COc1cccc(N(C)C(=O)CN(Cc2ccc(Cl)c(Cl)c2)S(C)(=O)=O)c1. The number of likely N-dealkylation sites (N-methyl/N-ethyl adjacent to an activating group) is 1. The molecule has 0 atom stereocenters. The molecule has 0 N–H and O–H groups in total. The van der Waals surface area contributed by atoms with Crippen molar-refractivity contribution >= 4 is 44.8 Å². The highest BCUT2D eigenvalue weighted by atomic mass is 35.5. The Balaban J connectivity index is 2.19. The lowest BCUT2D eigenvalue weighted by Gasteiger charge is -2.24. The second-order valence-electron chi connectivity index (χ2n) is 5.93. The standard InChI is InChI=1S/C18H20Cl2N2O4S/c1-21(14-5-4-6-15(10-14)26-2)18(23)12-22(27(3,24)25)11-13-7-8-16(19)17(20)9-13/h4-10H,11-12H2,1-3H3. The summed E-state index contributed by atoms with van der Waals surface area (Å²) in [7, 11) is -0.513. The van der Waals surface area contributed by atoms with Crippen LogP contribution in [0, 0.1) is 0 Å². The van der Waals surface area contributed by atoms with Crippen LogP contribution < -0.4 is 9.64 Å².